The first kappa shape index (κ1) is 10.7. The molecule has 1 rings (SSSR count). The number of aromatic nitrogens is 1. The van der Waals surface area contributed by atoms with Crippen LogP contribution in [0.25, 0.3) is 0 Å². The van der Waals surface area contributed by atoms with E-state index in [1.54, 1.807) is 11.3 Å². The summed E-state index contributed by atoms with van der Waals surface area (Å²) in [6.45, 7) is 4.22. The summed E-state index contributed by atoms with van der Waals surface area (Å²) in [6, 6.07) is 0.354. The van der Waals surface area contributed by atoms with Crippen LogP contribution >= 0.6 is 11.3 Å². The lowest BCUT2D eigenvalue weighted by Gasteiger charge is -2.07. The van der Waals surface area contributed by atoms with E-state index >= 15 is 0 Å². The van der Waals surface area contributed by atoms with Gasteiger partial charge in [0.1, 0.15) is 0 Å². The summed E-state index contributed by atoms with van der Waals surface area (Å²) in [4.78, 5) is 4.41. The van der Waals surface area contributed by atoms with Crippen molar-refractivity contribution in [3.63, 3.8) is 0 Å². The van der Waals surface area contributed by atoms with E-state index in [2.05, 4.69) is 17.3 Å². The van der Waals surface area contributed by atoms with Crippen LogP contribution in [0.3, 0.4) is 0 Å². The largest absolute Gasteiger partial charge is 0.328 e. The summed E-state index contributed by atoms with van der Waals surface area (Å²) in [5.41, 5.74) is 7.12. The molecule has 0 bridgehead atoms. The lowest BCUT2D eigenvalue weighted by Crippen LogP contribution is -2.20. The van der Waals surface area contributed by atoms with Crippen molar-refractivity contribution in [2.75, 3.05) is 0 Å². The summed E-state index contributed by atoms with van der Waals surface area (Å²) in [6.07, 6.45) is 4.41. The molecule has 1 unspecified atom stereocenters. The summed E-state index contributed by atoms with van der Waals surface area (Å²) >= 11 is 1.72. The van der Waals surface area contributed by atoms with E-state index in [9.17, 15) is 0 Å². The maximum Gasteiger partial charge on any atom is 0.0897 e. The molecule has 1 aromatic heterocycles. The first-order valence-corrected chi connectivity index (χ1v) is 5.77. The third-order valence-corrected chi connectivity index (χ3v) is 2.92. The van der Waals surface area contributed by atoms with Crippen LogP contribution in [-0.2, 0) is 6.42 Å². The molecule has 2 nitrogen and oxygen atoms in total. The molecular weight excluding hydrogens is 180 g/mol. The van der Waals surface area contributed by atoms with Gasteiger partial charge in [-0.3, -0.25) is 0 Å². The van der Waals surface area contributed by atoms with Crippen LogP contribution < -0.4 is 5.73 Å². The van der Waals surface area contributed by atoms with Gasteiger partial charge in [-0.1, -0.05) is 13.3 Å². The second-order valence-electron chi connectivity index (χ2n) is 3.45. The molecule has 1 heterocycles. The van der Waals surface area contributed by atoms with Crippen LogP contribution in [0, 0.1) is 6.92 Å². The lowest BCUT2D eigenvalue weighted by molar-refractivity contribution is 0.558. The van der Waals surface area contributed by atoms with Crippen molar-refractivity contribution < 1.29 is 0 Å². The van der Waals surface area contributed by atoms with E-state index in [1.807, 2.05) is 6.92 Å². The van der Waals surface area contributed by atoms with Crippen LogP contribution in [0.4, 0.5) is 0 Å². The quantitative estimate of drug-likeness (QED) is 0.789. The molecule has 0 aromatic carbocycles. The minimum Gasteiger partial charge on any atom is -0.328 e. The minimum absolute atomic E-state index is 0.354. The molecule has 0 saturated carbocycles. The van der Waals surface area contributed by atoms with Crippen molar-refractivity contribution in [3.05, 3.63) is 16.1 Å². The molecule has 0 fully saturated rings. The van der Waals surface area contributed by atoms with Gasteiger partial charge in [0.15, 0.2) is 0 Å². The number of rotatable bonds is 5. The van der Waals surface area contributed by atoms with Gasteiger partial charge in [-0.25, -0.2) is 4.98 Å². The Morgan fingerprint density at radius 1 is 1.54 bits per heavy atom. The topological polar surface area (TPSA) is 38.9 Å². The number of hydrogen-bond acceptors (Lipinski definition) is 3. The molecule has 0 radical (unpaired) electrons. The van der Waals surface area contributed by atoms with Crippen LogP contribution in [0.15, 0.2) is 5.38 Å². The number of aryl methyl sites for hydroxylation is 2. The van der Waals surface area contributed by atoms with Gasteiger partial charge in [-0.2, -0.15) is 0 Å². The lowest BCUT2D eigenvalue weighted by atomic mass is 10.1. The van der Waals surface area contributed by atoms with Gasteiger partial charge in [0.25, 0.3) is 0 Å². The molecule has 2 N–H and O–H groups in total. The predicted octanol–water partition coefficient (Wildman–Crippen LogP) is 2.51. The van der Waals surface area contributed by atoms with E-state index in [4.69, 9.17) is 5.73 Å². The smallest absolute Gasteiger partial charge is 0.0897 e. The Hall–Kier alpha value is -0.410. The van der Waals surface area contributed by atoms with Crippen molar-refractivity contribution in [2.24, 2.45) is 5.73 Å². The molecule has 0 amide bonds. The zero-order valence-corrected chi connectivity index (χ0v) is 9.23. The molecule has 0 aliphatic heterocycles. The molecule has 0 aliphatic rings. The molecule has 0 aliphatic carbocycles. The predicted molar refractivity (Wildman–Crippen MR) is 58.1 cm³/mol. The SMILES string of the molecule is CCCC(N)CCc1csc(C)n1. The zero-order valence-electron chi connectivity index (χ0n) is 8.42. The van der Waals surface area contributed by atoms with Crippen molar-refractivity contribution in [1.29, 1.82) is 0 Å². The average Bonchev–Trinajstić information content (AvgIpc) is 2.49. The summed E-state index contributed by atoms with van der Waals surface area (Å²) < 4.78 is 0. The first-order valence-electron chi connectivity index (χ1n) is 4.89. The van der Waals surface area contributed by atoms with Crippen LogP contribution in [0.5, 0.6) is 0 Å². The monoisotopic (exact) mass is 198 g/mol. The third kappa shape index (κ3) is 3.87. The number of hydrogen-bond donors (Lipinski definition) is 1. The minimum atomic E-state index is 0.354. The zero-order chi connectivity index (χ0) is 9.68. The molecule has 3 heteroatoms. The number of nitrogens with two attached hydrogens (primary N) is 1. The highest BCUT2D eigenvalue weighted by Crippen LogP contribution is 2.11. The van der Waals surface area contributed by atoms with Crippen LogP contribution in [0.1, 0.15) is 36.9 Å². The Balaban J connectivity index is 2.26. The van der Waals surface area contributed by atoms with Gasteiger partial charge < -0.3 is 5.73 Å². The van der Waals surface area contributed by atoms with E-state index in [0.717, 1.165) is 24.3 Å². The van der Waals surface area contributed by atoms with Gasteiger partial charge in [0.2, 0.25) is 0 Å². The summed E-state index contributed by atoms with van der Waals surface area (Å²) in [7, 11) is 0. The number of nitrogens with zero attached hydrogens (tertiary/aromatic N) is 1. The molecule has 0 spiro atoms. The van der Waals surface area contributed by atoms with E-state index in [1.165, 1.54) is 12.1 Å². The maximum absolute atomic E-state index is 5.91. The van der Waals surface area contributed by atoms with Crippen LogP contribution in [0.2, 0.25) is 0 Å². The molecule has 13 heavy (non-hydrogen) atoms. The van der Waals surface area contributed by atoms with E-state index in [-0.39, 0.29) is 0 Å². The second-order valence-corrected chi connectivity index (χ2v) is 4.51. The highest BCUT2D eigenvalue weighted by molar-refractivity contribution is 7.09. The molecule has 0 saturated heterocycles. The second kappa shape index (κ2) is 5.35. The van der Waals surface area contributed by atoms with Crippen molar-refractivity contribution in [2.45, 2.75) is 45.6 Å². The third-order valence-electron chi connectivity index (χ3n) is 2.10. The van der Waals surface area contributed by atoms with E-state index in [0.29, 0.717) is 6.04 Å². The van der Waals surface area contributed by atoms with Gasteiger partial charge in [-0.15, -0.1) is 11.3 Å². The molecule has 1 aromatic rings. The fraction of sp³-hybridized carbons (Fsp3) is 0.700. The Morgan fingerprint density at radius 2 is 2.31 bits per heavy atom. The highest BCUT2D eigenvalue weighted by atomic mass is 32.1. The maximum atomic E-state index is 5.91. The highest BCUT2D eigenvalue weighted by Gasteiger charge is 2.03. The average molecular weight is 198 g/mol. The van der Waals surface area contributed by atoms with Gasteiger partial charge >= 0.3 is 0 Å². The normalized spacial score (nSPS) is 13.2. The Kier molecular flexibility index (Phi) is 4.39. The van der Waals surface area contributed by atoms with Gasteiger partial charge in [0.05, 0.1) is 10.7 Å². The molecule has 74 valence electrons. The summed E-state index contributed by atoms with van der Waals surface area (Å²) in [5, 5.41) is 3.28. The van der Waals surface area contributed by atoms with Crippen molar-refractivity contribution in [1.82, 2.24) is 4.98 Å². The first-order chi connectivity index (χ1) is 6.22. The van der Waals surface area contributed by atoms with E-state index < -0.39 is 0 Å². The molecular formula is C10H18N2S. The standard InChI is InChI=1S/C10H18N2S/c1-3-4-9(11)5-6-10-7-13-8(2)12-10/h7,9H,3-6,11H2,1-2H3. The Bertz CT molecular complexity index is 245. The van der Waals surface area contributed by atoms with Gasteiger partial charge in [-0.05, 0) is 26.2 Å². The Morgan fingerprint density at radius 3 is 2.85 bits per heavy atom. The van der Waals surface area contributed by atoms with Crippen LogP contribution in [-0.4, -0.2) is 11.0 Å². The van der Waals surface area contributed by atoms with Crippen molar-refractivity contribution in [3.8, 4) is 0 Å². The Labute approximate surface area is 84.2 Å². The number of thiazole rings is 1. The molecule has 1 atom stereocenters. The van der Waals surface area contributed by atoms with Crippen molar-refractivity contribution >= 4 is 11.3 Å². The van der Waals surface area contributed by atoms with Gasteiger partial charge in [0, 0.05) is 11.4 Å². The fourth-order valence-corrected chi connectivity index (χ4v) is 2.02. The summed E-state index contributed by atoms with van der Waals surface area (Å²) in [5.74, 6) is 0. The fourth-order valence-electron chi connectivity index (χ4n) is 1.37.